The molecule has 3 rings (SSSR count). The number of carbonyl (C=O) groups excluding carboxylic acids is 3. The minimum atomic E-state index is -1.07. The first kappa shape index (κ1) is 33.2. The molecule has 3 amide bonds. The number of carbonyl (C=O) groups is 3. The van der Waals surface area contributed by atoms with Crippen LogP contribution in [0.25, 0.3) is 0 Å². The summed E-state index contributed by atoms with van der Waals surface area (Å²) in [6, 6.07) is 17.7. The maximum atomic E-state index is 14.7. The molecule has 0 aliphatic carbocycles. The number of rotatable bonds is 8. The van der Waals surface area contributed by atoms with Crippen LogP contribution in [0.15, 0.2) is 66.7 Å². The van der Waals surface area contributed by atoms with Gasteiger partial charge < -0.3 is 25.4 Å². The molecule has 3 aromatic rings. The van der Waals surface area contributed by atoms with E-state index in [1.54, 1.807) is 37.8 Å². The number of hydrogen-bond donors (Lipinski definition) is 3. The van der Waals surface area contributed by atoms with E-state index in [0.717, 1.165) is 16.7 Å². The topological polar surface area (TPSA) is 108 Å². The Labute approximate surface area is 255 Å². The van der Waals surface area contributed by atoms with Crippen LogP contribution in [0.1, 0.15) is 75.4 Å². The van der Waals surface area contributed by atoms with Crippen LogP contribution in [0.3, 0.4) is 0 Å². The zero-order valence-corrected chi connectivity index (χ0v) is 26.7. The van der Waals surface area contributed by atoms with Gasteiger partial charge in [0, 0.05) is 17.6 Å². The minimum absolute atomic E-state index is 0.0886. The SMILES string of the molecule is Cc1ccc(C(C(=O)Nc2c(C)cccc2C)N(C(=O)C(Cc2ccc(O)cc2)NC(=O)OC(C)(C)C)C(C)(C)C)cc1. The van der Waals surface area contributed by atoms with Gasteiger partial charge in [0.05, 0.1) is 0 Å². The molecule has 2 atom stereocenters. The Kier molecular flexibility index (Phi) is 10.3. The number of ether oxygens (including phenoxy) is 1. The summed E-state index contributed by atoms with van der Waals surface area (Å²) < 4.78 is 5.51. The van der Waals surface area contributed by atoms with E-state index in [1.165, 1.54) is 12.1 Å². The third kappa shape index (κ3) is 9.08. The van der Waals surface area contributed by atoms with E-state index in [4.69, 9.17) is 4.74 Å². The standard InChI is InChI=1S/C35H45N3O5/c1-22-13-17-26(18-14-22)30(31(40)37-29-23(2)11-10-12-24(29)3)38(34(4,5)6)32(41)28(36-33(42)43-35(7,8)9)21-25-15-19-27(39)20-16-25/h10-20,28,30,39H,21H2,1-9H3,(H,36,42)(H,37,40). The average molecular weight is 588 g/mol. The van der Waals surface area contributed by atoms with Crippen molar-refractivity contribution >= 4 is 23.6 Å². The fourth-order valence-corrected chi connectivity index (χ4v) is 4.90. The van der Waals surface area contributed by atoms with Crippen molar-refractivity contribution in [3.8, 4) is 5.75 Å². The summed E-state index contributed by atoms with van der Waals surface area (Å²) in [5.74, 6) is -0.732. The molecule has 230 valence electrons. The Morgan fingerprint density at radius 3 is 1.91 bits per heavy atom. The molecule has 3 N–H and O–H groups in total. The predicted molar refractivity (Wildman–Crippen MR) is 170 cm³/mol. The highest BCUT2D eigenvalue weighted by Crippen LogP contribution is 2.32. The lowest BCUT2D eigenvalue weighted by Crippen LogP contribution is -2.58. The molecule has 0 heterocycles. The summed E-state index contributed by atoms with van der Waals surface area (Å²) in [5.41, 5.74) is 3.25. The highest BCUT2D eigenvalue weighted by Gasteiger charge is 2.42. The minimum Gasteiger partial charge on any atom is -0.508 e. The number of phenols is 1. The Morgan fingerprint density at radius 1 is 0.837 bits per heavy atom. The third-order valence-electron chi connectivity index (χ3n) is 6.95. The second-order valence-electron chi connectivity index (χ2n) is 13.0. The van der Waals surface area contributed by atoms with E-state index in [-0.39, 0.29) is 18.1 Å². The molecule has 43 heavy (non-hydrogen) atoms. The highest BCUT2D eigenvalue weighted by atomic mass is 16.6. The summed E-state index contributed by atoms with van der Waals surface area (Å²) in [7, 11) is 0. The summed E-state index contributed by atoms with van der Waals surface area (Å²) in [6.45, 7) is 16.6. The van der Waals surface area contributed by atoms with Crippen molar-refractivity contribution in [1.29, 1.82) is 0 Å². The lowest BCUT2D eigenvalue weighted by Gasteiger charge is -2.43. The third-order valence-corrected chi connectivity index (χ3v) is 6.95. The van der Waals surface area contributed by atoms with Crippen molar-refractivity contribution in [3.63, 3.8) is 0 Å². The van der Waals surface area contributed by atoms with Crippen LogP contribution < -0.4 is 10.6 Å². The number of nitrogens with zero attached hydrogens (tertiary/aromatic N) is 1. The normalized spacial score (nSPS) is 13.0. The van der Waals surface area contributed by atoms with E-state index in [2.05, 4.69) is 10.6 Å². The molecular formula is C35H45N3O5. The number of benzene rings is 3. The fourth-order valence-electron chi connectivity index (χ4n) is 4.90. The van der Waals surface area contributed by atoms with Crippen LogP contribution in [0.2, 0.25) is 0 Å². The second kappa shape index (κ2) is 13.3. The van der Waals surface area contributed by atoms with E-state index in [1.807, 2.05) is 84.0 Å². The van der Waals surface area contributed by atoms with Crippen LogP contribution >= 0.6 is 0 Å². The van der Waals surface area contributed by atoms with Gasteiger partial charge in [0.2, 0.25) is 5.91 Å². The molecule has 0 saturated heterocycles. The van der Waals surface area contributed by atoms with E-state index in [0.29, 0.717) is 16.8 Å². The van der Waals surface area contributed by atoms with Gasteiger partial charge in [0.25, 0.3) is 5.91 Å². The van der Waals surface area contributed by atoms with E-state index >= 15 is 0 Å². The number of anilines is 1. The molecule has 0 spiro atoms. The number of aromatic hydroxyl groups is 1. The molecule has 0 bridgehead atoms. The van der Waals surface area contributed by atoms with Gasteiger partial charge in [-0.05, 0) is 96.7 Å². The van der Waals surface area contributed by atoms with E-state index < -0.39 is 35.2 Å². The Morgan fingerprint density at radius 2 is 1.40 bits per heavy atom. The van der Waals surface area contributed by atoms with Crippen molar-refractivity contribution in [1.82, 2.24) is 10.2 Å². The van der Waals surface area contributed by atoms with Crippen molar-refractivity contribution in [3.05, 3.63) is 94.5 Å². The average Bonchev–Trinajstić information content (AvgIpc) is 2.88. The van der Waals surface area contributed by atoms with Gasteiger partial charge in [-0.1, -0.05) is 60.2 Å². The number of nitrogens with one attached hydrogen (secondary N) is 2. The van der Waals surface area contributed by atoms with Crippen LogP contribution in [0.5, 0.6) is 5.75 Å². The quantitative estimate of drug-likeness (QED) is 0.270. The van der Waals surface area contributed by atoms with Gasteiger partial charge in [-0.3, -0.25) is 9.59 Å². The van der Waals surface area contributed by atoms with Crippen LogP contribution in [-0.4, -0.2) is 45.1 Å². The molecule has 0 saturated carbocycles. The first-order chi connectivity index (χ1) is 20.0. The summed E-state index contributed by atoms with van der Waals surface area (Å²) >= 11 is 0. The second-order valence-corrected chi connectivity index (χ2v) is 13.0. The number of phenolic OH excluding ortho intramolecular Hbond substituents is 1. The van der Waals surface area contributed by atoms with Gasteiger partial charge in [-0.15, -0.1) is 0 Å². The fraction of sp³-hybridized carbons (Fsp3) is 0.400. The van der Waals surface area contributed by atoms with Crippen molar-refractivity contribution < 1.29 is 24.2 Å². The van der Waals surface area contributed by atoms with Gasteiger partial charge in [-0.2, -0.15) is 0 Å². The lowest BCUT2D eigenvalue weighted by atomic mass is 9.93. The van der Waals surface area contributed by atoms with Gasteiger partial charge >= 0.3 is 6.09 Å². The number of aryl methyl sites for hydroxylation is 3. The van der Waals surface area contributed by atoms with Gasteiger partial charge in [-0.25, -0.2) is 4.79 Å². The Bertz CT molecular complexity index is 1410. The molecule has 0 radical (unpaired) electrons. The summed E-state index contributed by atoms with van der Waals surface area (Å²) in [5, 5.41) is 15.7. The molecule has 2 unspecified atom stereocenters. The van der Waals surface area contributed by atoms with Gasteiger partial charge in [0.15, 0.2) is 0 Å². The monoisotopic (exact) mass is 587 g/mol. The number of amides is 3. The predicted octanol–water partition coefficient (Wildman–Crippen LogP) is 6.76. The zero-order chi connectivity index (χ0) is 32.1. The first-order valence-corrected chi connectivity index (χ1v) is 14.5. The van der Waals surface area contributed by atoms with Crippen LogP contribution in [0, 0.1) is 20.8 Å². The smallest absolute Gasteiger partial charge is 0.408 e. The molecule has 8 nitrogen and oxygen atoms in total. The van der Waals surface area contributed by atoms with Crippen molar-refractivity contribution in [2.75, 3.05) is 5.32 Å². The zero-order valence-electron chi connectivity index (χ0n) is 26.7. The summed E-state index contributed by atoms with van der Waals surface area (Å²) in [6.07, 6.45) is -0.630. The Hall–Kier alpha value is -4.33. The molecule has 8 heteroatoms. The Balaban J connectivity index is 2.13. The lowest BCUT2D eigenvalue weighted by molar-refractivity contribution is -0.146. The molecular weight excluding hydrogens is 542 g/mol. The van der Waals surface area contributed by atoms with Crippen LogP contribution in [0.4, 0.5) is 10.5 Å². The highest BCUT2D eigenvalue weighted by molar-refractivity contribution is 6.00. The summed E-state index contributed by atoms with van der Waals surface area (Å²) in [4.78, 5) is 43.5. The maximum absolute atomic E-state index is 14.7. The molecule has 0 aliphatic heterocycles. The van der Waals surface area contributed by atoms with Crippen LogP contribution in [-0.2, 0) is 20.7 Å². The van der Waals surface area contributed by atoms with Crippen molar-refractivity contribution in [2.45, 2.75) is 92.0 Å². The molecule has 0 fully saturated rings. The number of para-hydroxylation sites is 1. The number of hydrogen-bond acceptors (Lipinski definition) is 5. The molecule has 3 aromatic carbocycles. The van der Waals surface area contributed by atoms with Gasteiger partial charge in [0.1, 0.15) is 23.4 Å². The molecule has 0 aliphatic rings. The maximum Gasteiger partial charge on any atom is 0.408 e. The molecule has 0 aromatic heterocycles. The number of alkyl carbamates (subject to hydrolysis) is 1. The van der Waals surface area contributed by atoms with E-state index in [9.17, 15) is 19.5 Å². The first-order valence-electron chi connectivity index (χ1n) is 14.5. The van der Waals surface area contributed by atoms with Crippen molar-refractivity contribution in [2.24, 2.45) is 0 Å². The largest absolute Gasteiger partial charge is 0.508 e.